The van der Waals surface area contributed by atoms with Crippen molar-refractivity contribution < 1.29 is 4.74 Å². The van der Waals surface area contributed by atoms with Gasteiger partial charge < -0.3 is 4.74 Å². The topological polar surface area (TPSA) is 60.2 Å². The normalized spacial score (nSPS) is 12.2. The molecular weight excluding hydrogens is 250 g/mol. The van der Waals surface area contributed by atoms with Crippen molar-refractivity contribution in [2.45, 2.75) is 26.8 Å². The van der Waals surface area contributed by atoms with Gasteiger partial charge in [0.25, 0.3) is 0 Å². The molecule has 0 aliphatic heterocycles. The highest BCUT2D eigenvalue weighted by atomic mass is 16.5. The van der Waals surface area contributed by atoms with E-state index in [1.54, 1.807) is 7.11 Å². The molecule has 1 aromatic heterocycles. The molecule has 1 unspecified atom stereocenters. The third kappa shape index (κ3) is 2.81. The molecule has 0 spiro atoms. The summed E-state index contributed by atoms with van der Waals surface area (Å²) in [5, 5.41) is 0. The van der Waals surface area contributed by atoms with Crippen molar-refractivity contribution >= 4 is 0 Å². The van der Waals surface area contributed by atoms with Gasteiger partial charge >= 0.3 is 0 Å². The van der Waals surface area contributed by atoms with E-state index >= 15 is 0 Å². The van der Waals surface area contributed by atoms with Gasteiger partial charge in [-0.2, -0.15) is 0 Å². The predicted molar refractivity (Wildman–Crippen MR) is 80.6 cm³/mol. The van der Waals surface area contributed by atoms with Crippen LogP contribution in [0.2, 0.25) is 0 Å². The molecule has 0 saturated heterocycles. The summed E-state index contributed by atoms with van der Waals surface area (Å²) in [4.78, 5) is 4.54. The molecule has 0 aliphatic carbocycles. The Bertz CT molecular complexity index is 611. The maximum absolute atomic E-state index is 5.76. The molecule has 1 heterocycles. The molecule has 0 bridgehead atoms. The van der Waals surface area contributed by atoms with E-state index in [0.29, 0.717) is 0 Å². The maximum atomic E-state index is 5.76. The summed E-state index contributed by atoms with van der Waals surface area (Å²) in [5.74, 6) is 6.61. The molecule has 0 saturated carbocycles. The molecule has 3 N–H and O–H groups in total. The first kappa shape index (κ1) is 14.5. The lowest BCUT2D eigenvalue weighted by molar-refractivity contribution is 0.414. The highest BCUT2D eigenvalue weighted by Gasteiger charge is 2.18. The van der Waals surface area contributed by atoms with Crippen LogP contribution in [0.4, 0.5) is 0 Å². The van der Waals surface area contributed by atoms with Gasteiger partial charge in [0.15, 0.2) is 0 Å². The summed E-state index contributed by atoms with van der Waals surface area (Å²) < 4.78 is 5.24. The molecule has 4 nitrogen and oxygen atoms in total. The third-order valence-electron chi connectivity index (χ3n) is 3.48. The van der Waals surface area contributed by atoms with Crippen LogP contribution in [0.3, 0.4) is 0 Å². The minimum absolute atomic E-state index is 0.124. The first-order valence-corrected chi connectivity index (χ1v) is 6.60. The number of pyridine rings is 1. The lowest BCUT2D eigenvalue weighted by Crippen LogP contribution is -2.30. The van der Waals surface area contributed by atoms with Gasteiger partial charge in [-0.05, 0) is 55.2 Å². The monoisotopic (exact) mass is 271 g/mol. The summed E-state index contributed by atoms with van der Waals surface area (Å²) >= 11 is 0. The maximum Gasteiger partial charge on any atom is 0.119 e. The molecule has 0 fully saturated rings. The number of hydrogen-bond donors (Lipinski definition) is 2. The van der Waals surface area contributed by atoms with Crippen molar-refractivity contribution in [1.82, 2.24) is 10.4 Å². The molecule has 2 rings (SSSR count). The highest BCUT2D eigenvalue weighted by molar-refractivity contribution is 5.41. The van der Waals surface area contributed by atoms with E-state index in [1.807, 2.05) is 38.2 Å². The quantitative estimate of drug-likeness (QED) is 0.663. The van der Waals surface area contributed by atoms with E-state index in [-0.39, 0.29) is 6.04 Å². The zero-order valence-electron chi connectivity index (χ0n) is 12.4. The molecule has 4 heteroatoms. The van der Waals surface area contributed by atoms with E-state index in [1.165, 1.54) is 0 Å². The molecule has 0 aliphatic rings. The summed E-state index contributed by atoms with van der Waals surface area (Å²) in [7, 11) is 1.67. The van der Waals surface area contributed by atoms with E-state index in [4.69, 9.17) is 10.6 Å². The Kier molecular flexibility index (Phi) is 4.37. The zero-order valence-corrected chi connectivity index (χ0v) is 12.4. The van der Waals surface area contributed by atoms with E-state index in [0.717, 1.165) is 33.7 Å². The number of nitrogens with two attached hydrogens (primary N) is 1. The Morgan fingerprint density at radius 3 is 2.45 bits per heavy atom. The second-order valence-corrected chi connectivity index (χ2v) is 5.04. The second-order valence-electron chi connectivity index (χ2n) is 5.04. The van der Waals surface area contributed by atoms with Crippen molar-refractivity contribution in [3.05, 3.63) is 58.4 Å². The average molecular weight is 271 g/mol. The van der Waals surface area contributed by atoms with Crippen LogP contribution in [0.5, 0.6) is 5.75 Å². The fourth-order valence-electron chi connectivity index (χ4n) is 2.44. The smallest absolute Gasteiger partial charge is 0.119 e. The zero-order chi connectivity index (χ0) is 14.7. The number of methoxy groups -OCH3 is 1. The molecule has 0 radical (unpaired) electrons. The molecule has 1 atom stereocenters. The van der Waals surface area contributed by atoms with Crippen LogP contribution in [0.15, 0.2) is 30.5 Å². The Hall–Kier alpha value is -1.91. The number of aryl methyl sites for hydroxylation is 3. The van der Waals surface area contributed by atoms with Crippen LogP contribution in [0.1, 0.15) is 34.0 Å². The standard InChI is InChI=1S/C16H21N3O/c1-10-7-12(3)15(18-9-10)16(19-17)14-6-5-13(20-4)8-11(14)2/h5-9,16,19H,17H2,1-4H3. The molecule has 106 valence electrons. The Balaban J connectivity index is 2.47. The van der Waals surface area contributed by atoms with Crippen LogP contribution >= 0.6 is 0 Å². The van der Waals surface area contributed by atoms with Gasteiger partial charge in [0.1, 0.15) is 5.75 Å². The minimum Gasteiger partial charge on any atom is -0.497 e. The first-order chi connectivity index (χ1) is 9.56. The second kappa shape index (κ2) is 6.03. The van der Waals surface area contributed by atoms with Gasteiger partial charge in [0.2, 0.25) is 0 Å². The summed E-state index contributed by atoms with van der Waals surface area (Å²) in [6.07, 6.45) is 1.87. The van der Waals surface area contributed by atoms with E-state index < -0.39 is 0 Å². The predicted octanol–water partition coefficient (Wildman–Crippen LogP) is 2.57. The number of benzene rings is 1. The molecule has 20 heavy (non-hydrogen) atoms. The molecular formula is C16H21N3O. The fraction of sp³-hybridized carbons (Fsp3) is 0.312. The van der Waals surface area contributed by atoms with Crippen LogP contribution in [-0.4, -0.2) is 12.1 Å². The summed E-state index contributed by atoms with van der Waals surface area (Å²) in [5.41, 5.74) is 8.32. The van der Waals surface area contributed by atoms with Crippen molar-refractivity contribution in [3.63, 3.8) is 0 Å². The number of rotatable bonds is 4. The summed E-state index contributed by atoms with van der Waals surface area (Å²) in [6.45, 7) is 6.14. The van der Waals surface area contributed by atoms with Gasteiger partial charge in [-0.25, -0.2) is 5.43 Å². The Morgan fingerprint density at radius 1 is 1.15 bits per heavy atom. The van der Waals surface area contributed by atoms with Gasteiger partial charge in [0, 0.05) is 6.20 Å². The number of hydrazine groups is 1. The lowest BCUT2D eigenvalue weighted by atomic mass is 9.96. The molecule has 0 amide bonds. The van der Waals surface area contributed by atoms with E-state index in [2.05, 4.69) is 23.4 Å². The average Bonchev–Trinajstić information content (AvgIpc) is 2.43. The number of ether oxygens (including phenoxy) is 1. The van der Waals surface area contributed by atoms with Gasteiger partial charge in [-0.1, -0.05) is 12.1 Å². The fourth-order valence-corrected chi connectivity index (χ4v) is 2.44. The first-order valence-electron chi connectivity index (χ1n) is 6.60. The highest BCUT2D eigenvalue weighted by Crippen LogP contribution is 2.27. The van der Waals surface area contributed by atoms with Crippen LogP contribution in [-0.2, 0) is 0 Å². The van der Waals surface area contributed by atoms with Gasteiger partial charge in [-0.15, -0.1) is 0 Å². The molecule has 1 aromatic carbocycles. The van der Waals surface area contributed by atoms with Crippen LogP contribution < -0.4 is 16.0 Å². The number of nitrogens with zero attached hydrogens (tertiary/aromatic N) is 1. The Morgan fingerprint density at radius 2 is 1.90 bits per heavy atom. The van der Waals surface area contributed by atoms with Crippen LogP contribution in [0, 0.1) is 20.8 Å². The van der Waals surface area contributed by atoms with Gasteiger partial charge in [0.05, 0.1) is 18.8 Å². The van der Waals surface area contributed by atoms with Crippen molar-refractivity contribution in [2.24, 2.45) is 5.84 Å². The lowest BCUT2D eigenvalue weighted by Gasteiger charge is -2.20. The van der Waals surface area contributed by atoms with E-state index in [9.17, 15) is 0 Å². The number of nitrogens with one attached hydrogen (secondary N) is 1. The minimum atomic E-state index is -0.124. The number of aromatic nitrogens is 1. The summed E-state index contributed by atoms with van der Waals surface area (Å²) in [6, 6.07) is 7.96. The third-order valence-corrected chi connectivity index (χ3v) is 3.48. The van der Waals surface area contributed by atoms with Crippen LogP contribution in [0.25, 0.3) is 0 Å². The van der Waals surface area contributed by atoms with Gasteiger partial charge in [-0.3, -0.25) is 10.8 Å². The van der Waals surface area contributed by atoms with Crippen molar-refractivity contribution in [3.8, 4) is 5.75 Å². The largest absolute Gasteiger partial charge is 0.497 e. The number of hydrogen-bond acceptors (Lipinski definition) is 4. The van der Waals surface area contributed by atoms with Crippen molar-refractivity contribution in [1.29, 1.82) is 0 Å². The Labute approximate surface area is 120 Å². The SMILES string of the molecule is COc1ccc(C(NN)c2ncc(C)cc2C)c(C)c1. The molecule has 2 aromatic rings. The van der Waals surface area contributed by atoms with Crippen molar-refractivity contribution in [2.75, 3.05) is 7.11 Å².